The molecule has 0 aromatic heterocycles. The zero-order valence-electron chi connectivity index (χ0n) is 11.3. The van der Waals surface area contributed by atoms with E-state index in [1.165, 1.54) is 5.56 Å². The largest absolute Gasteiger partial charge is 0.0790 e. The van der Waals surface area contributed by atoms with E-state index in [9.17, 15) is 0 Å². The molecule has 0 atom stereocenters. The summed E-state index contributed by atoms with van der Waals surface area (Å²) in [7, 11) is 0. The first-order valence-corrected chi connectivity index (χ1v) is 6.64. The Labute approximate surface area is 109 Å². The molecular formula is C15H23Br. The summed E-state index contributed by atoms with van der Waals surface area (Å²) in [4.78, 5) is 0. The molecule has 0 aliphatic heterocycles. The summed E-state index contributed by atoms with van der Waals surface area (Å²) in [6.07, 6.45) is 0. The highest BCUT2D eigenvalue weighted by molar-refractivity contribution is 9.09. The normalized spacial score (nSPS) is 13.9. The lowest BCUT2D eigenvalue weighted by Gasteiger charge is -2.50. The summed E-state index contributed by atoms with van der Waals surface area (Å²) < 4.78 is -0.0196. The average molecular weight is 283 g/mol. The zero-order valence-corrected chi connectivity index (χ0v) is 12.9. The van der Waals surface area contributed by atoms with E-state index in [0.717, 1.165) is 0 Å². The van der Waals surface area contributed by atoms with Gasteiger partial charge in [0.1, 0.15) is 0 Å². The van der Waals surface area contributed by atoms with Gasteiger partial charge in [0.15, 0.2) is 0 Å². The molecule has 0 amide bonds. The zero-order chi connectivity index (χ0) is 12.6. The van der Waals surface area contributed by atoms with Crippen LogP contribution in [0.25, 0.3) is 0 Å². The van der Waals surface area contributed by atoms with E-state index in [1.54, 1.807) is 0 Å². The van der Waals surface area contributed by atoms with Gasteiger partial charge in [-0.05, 0) is 16.4 Å². The van der Waals surface area contributed by atoms with Crippen LogP contribution in [0.15, 0.2) is 30.3 Å². The van der Waals surface area contributed by atoms with Crippen LogP contribution in [0.3, 0.4) is 0 Å². The highest BCUT2D eigenvalue weighted by atomic mass is 79.9. The van der Waals surface area contributed by atoms with E-state index in [-0.39, 0.29) is 15.2 Å². The summed E-state index contributed by atoms with van der Waals surface area (Å²) in [6, 6.07) is 10.7. The second-order valence-electron chi connectivity index (χ2n) is 6.52. The van der Waals surface area contributed by atoms with Crippen molar-refractivity contribution in [3.8, 4) is 0 Å². The first-order chi connectivity index (χ1) is 7.11. The minimum atomic E-state index is -0.0196. The van der Waals surface area contributed by atoms with Gasteiger partial charge >= 0.3 is 0 Å². The molecule has 1 rings (SSSR count). The molecule has 0 unspecified atom stereocenters. The van der Waals surface area contributed by atoms with Crippen molar-refractivity contribution in [3.05, 3.63) is 35.9 Å². The lowest BCUT2D eigenvalue weighted by Crippen LogP contribution is -2.45. The van der Waals surface area contributed by atoms with Crippen molar-refractivity contribution >= 4 is 15.9 Å². The molecule has 0 aliphatic carbocycles. The van der Waals surface area contributed by atoms with Gasteiger partial charge in [0.05, 0.1) is 4.32 Å². The Morgan fingerprint density at radius 1 is 0.750 bits per heavy atom. The fourth-order valence-electron chi connectivity index (χ4n) is 2.66. The Morgan fingerprint density at radius 3 is 1.44 bits per heavy atom. The van der Waals surface area contributed by atoms with Crippen LogP contribution < -0.4 is 0 Å². The van der Waals surface area contributed by atoms with E-state index in [4.69, 9.17) is 0 Å². The Kier molecular flexibility index (Phi) is 3.59. The van der Waals surface area contributed by atoms with Gasteiger partial charge in [-0.3, -0.25) is 0 Å². The van der Waals surface area contributed by atoms with Gasteiger partial charge in [-0.1, -0.05) is 87.8 Å². The average Bonchev–Trinajstić information content (AvgIpc) is 2.14. The molecule has 1 heteroatoms. The second-order valence-corrected chi connectivity index (χ2v) is 7.71. The molecule has 1 aromatic rings. The SMILES string of the molecule is CC(C)(C)C(Br)(c1ccccc1)C(C)(C)C. The Morgan fingerprint density at radius 2 is 1.12 bits per heavy atom. The van der Waals surface area contributed by atoms with Crippen LogP contribution in [0.4, 0.5) is 0 Å². The van der Waals surface area contributed by atoms with Gasteiger partial charge in [-0.25, -0.2) is 0 Å². The van der Waals surface area contributed by atoms with Gasteiger partial charge < -0.3 is 0 Å². The molecule has 0 saturated carbocycles. The van der Waals surface area contributed by atoms with Crippen LogP contribution in [0.1, 0.15) is 47.1 Å². The van der Waals surface area contributed by atoms with E-state index < -0.39 is 0 Å². The lowest BCUT2D eigenvalue weighted by molar-refractivity contribution is 0.148. The molecule has 0 nitrogen and oxygen atoms in total. The predicted molar refractivity (Wildman–Crippen MR) is 76.0 cm³/mol. The first kappa shape index (κ1) is 13.8. The summed E-state index contributed by atoms with van der Waals surface area (Å²) in [6.45, 7) is 13.7. The summed E-state index contributed by atoms with van der Waals surface area (Å²) >= 11 is 4.03. The van der Waals surface area contributed by atoms with Gasteiger partial charge in [-0.2, -0.15) is 0 Å². The molecule has 0 bridgehead atoms. The lowest BCUT2D eigenvalue weighted by atomic mass is 9.63. The third-order valence-electron chi connectivity index (χ3n) is 3.24. The minimum absolute atomic E-state index is 0.0196. The minimum Gasteiger partial charge on any atom is -0.0790 e. The smallest absolute Gasteiger partial charge is 0.0602 e. The number of hydrogen-bond acceptors (Lipinski definition) is 0. The molecule has 0 N–H and O–H groups in total. The maximum atomic E-state index is 4.03. The highest BCUT2D eigenvalue weighted by Gasteiger charge is 2.49. The highest BCUT2D eigenvalue weighted by Crippen LogP contribution is 2.57. The topological polar surface area (TPSA) is 0 Å². The van der Waals surface area contributed by atoms with Crippen molar-refractivity contribution in [3.63, 3.8) is 0 Å². The maximum absolute atomic E-state index is 4.03. The Hall–Kier alpha value is -0.300. The molecule has 0 aliphatic rings. The molecule has 16 heavy (non-hydrogen) atoms. The monoisotopic (exact) mass is 282 g/mol. The summed E-state index contributed by atoms with van der Waals surface area (Å²) in [5.41, 5.74) is 1.68. The maximum Gasteiger partial charge on any atom is 0.0602 e. The van der Waals surface area contributed by atoms with Crippen LogP contribution in [0, 0.1) is 10.8 Å². The molecule has 0 saturated heterocycles. The van der Waals surface area contributed by atoms with E-state index >= 15 is 0 Å². The fourth-order valence-corrected chi connectivity index (χ4v) is 2.92. The van der Waals surface area contributed by atoms with E-state index in [1.807, 2.05) is 0 Å². The number of alkyl halides is 1. The van der Waals surface area contributed by atoms with Gasteiger partial charge in [0.2, 0.25) is 0 Å². The third-order valence-corrected chi connectivity index (χ3v) is 6.08. The first-order valence-electron chi connectivity index (χ1n) is 5.85. The second kappa shape index (κ2) is 4.18. The quantitative estimate of drug-likeness (QED) is 0.608. The fraction of sp³-hybridized carbons (Fsp3) is 0.600. The Bertz CT molecular complexity index is 324. The number of halogens is 1. The summed E-state index contributed by atoms with van der Waals surface area (Å²) in [5, 5.41) is 0. The molecule has 0 fully saturated rings. The van der Waals surface area contributed by atoms with E-state index in [0.29, 0.717) is 0 Å². The van der Waals surface area contributed by atoms with Crippen LogP contribution in [-0.4, -0.2) is 0 Å². The molecule has 0 heterocycles. The molecule has 1 aromatic carbocycles. The predicted octanol–water partition coefficient (Wildman–Crippen LogP) is 5.37. The van der Waals surface area contributed by atoms with Gasteiger partial charge in [0, 0.05) is 0 Å². The van der Waals surface area contributed by atoms with Crippen molar-refractivity contribution in [1.29, 1.82) is 0 Å². The molecule has 90 valence electrons. The van der Waals surface area contributed by atoms with Gasteiger partial charge in [0.25, 0.3) is 0 Å². The van der Waals surface area contributed by atoms with Crippen molar-refractivity contribution in [2.45, 2.75) is 45.9 Å². The van der Waals surface area contributed by atoms with E-state index in [2.05, 4.69) is 87.8 Å². The van der Waals surface area contributed by atoms with Crippen molar-refractivity contribution in [2.24, 2.45) is 10.8 Å². The van der Waals surface area contributed by atoms with Crippen molar-refractivity contribution < 1.29 is 0 Å². The number of rotatable bonds is 1. The standard InChI is InChI=1S/C15H23Br/c1-13(2,3)15(16,14(4,5)6)12-10-8-7-9-11-12/h7-11H,1-6H3. The van der Waals surface area contributed by atoms with Crippen LogP contribution in [0.2, 0.25) is 0 Å². The van der Waals surface area contributed by atoms with Crippen LogP contribution in [0.5, 0.6) is 0 Å². The van der Waals surface area contributed by atoms with Gasteiger partial charge in [-0.15, -0.1) is 0 Å². The third kappa shape index (κ3) is 2.20. The van der Waals surface area contributed by atoms with Crippen LogP contribution >= 0.6 is 15.9 Å². The van der Waals surface area contributed by atoms with Crippen molar-refractivity contribution in [2.75, 3.05) is 0 Å². The number of benzene rings is 1. The molecule has 0 radical (unpaired) electrons. The number of hydrogen-bond donors (Lipinski definition) is 0. The molecular weight excluding hydrogens is 260 g/mol. The Balaban J connectivity index is 3.39. The molecule has 0 spiro atoms. The van der Waals surface area contributed by atoms with Crippen LogP contribution in [-0.2, 0) is 4.32 Å². The summed E-state index contributed by atoms with van der Waals surface area (Å²) in [5.74, 6) is 0. The van der Waals surface area contributed by atoms with Crippen molar-refractivity contribution in [1.82, 2.24) is 0 Å².